The minimum atomic E-state index is -0.437. The number of rotatable bonds is 3. The first-order valence-electron chi connectivity index (χ1n) is 5.40. The molecule has 17 heavy (non-hydrogen) atoms. The van der Waals surface area contributed by atoms with Crippen LogP contribution in [0, 0.1) is 6.92 Å². The zero-order chi connectivity index (χ0) is 12.8. The van der Waals surface area contributed by atoms with Crippen LogP contribution in [-0.2, 0) is 6.42 Å². The predicted molar refractivity (Wildman–Crippen MR) is 72.8 cm³/mol. The summed E-state index contributed by atoms with van der Waals surface area (Å²) in [5.74, 6) is 0. The van der Waals surface area contributed by atoms with Crippen LogP contribution in [0.5, 0.6) is 0 Å². The summed E-state index contributed by atoms with van der Waals surface area (Å²) in [7, 11) is 3.93. The summed E-state index contributed by atoms with van der Waals surface area (Å²) in [6.45, 7) is 4.04. The minimum absolute atomic E-state index is 0.437. The van der Waals surface area contributed by atoms with E-state index < -0.39 is 5.66 Å². The predicted octanol–water partition coefficient (Wildman–Crippen LogP) is 2.14. The van der Waals surface area contributed by atoms with Crippen LogP contribution in [0.15, 0.2) is 5.38 Å². The normalized spacial score (nSPS) is 15.7. The number of aryl methyl sites for hydroxylation is 1. The van der Waals surface area contributed by atoms with Crippen molar-refractivity contribution in [1.82, 2.24) is 14.3 Å². The molecular weight excluding hydrogens is 256 g/mol. The topological polar surface area (TPSA) is 46.6 Å². The Morgan fingerprint density at radius 3 is 2.82 bits per heavy atom. The fourth-order valence-corrected chi connectivity index (χ4v) is 2.86. The van der Waals surface area contributed by atoms with E-state index in [-0.39, 0.29) is 0 Å². The molecule has 2 N–H and O–H groups in total. The lowest BCUT2D eigenvalue weighted by Crippen LogP contribution is -2.51. The van der Waals surface area contributed by atoms with Crippen LogP contribution in [0.1, 0.15) is 18.3 Å². The van der Waals surface area contributed by atoms with E-state index in [1.807, 2.05) is 25.9 Å². The molecule has 2 aromatic rings. The van der Waals surface area contributed by atoms with E-state index in [1.54, 1.807) is 11.3 Å². The second kappa shape index (κ2) is 4.24. The van der Waals surface area contributed by atoms with Crippen LogP contribution in [0.4, 0.5) is 0 Å². The Morgan fingerprint density at radius 2 is 2.24 bits per heavy atom. The Balaban J connectivity index is 2.48. The van der Waals surface area contributed by atoms with Gasteiger partial charge >= 0.3 is 0 Å². The summed E-state index contributed by atoms with van der Waals surface area (Å²) in [5, 5.41) is 2.63. The Bertz CT molecular complexity index is 541. The van der Waals surface area contributed by atoms with Crippen LogP contribution in [0.2, 0.25) is 5.15 Å². The fourth-order valence-electron chi connectivity index (χ4n) is 1.69. The van der Waals surface area contributed by atoms with Gasteiger partial charge in [0.05, 0.1) is 11.4 Å². The molecule has 0 aromatic carbocycles. The van der Waals surface area contributed by atoms with Crippen molar-refractivity contribution in [2.75, 3.05) is 14.1 Å². The lowest BCUT2D eigenvalue weighted by atomic mass is 10.1. The van der Waals surface area contributed by atoms with Gasteiger partial charge in [-0.15, -0.1) is 11.3 Å². The van der Waals surface area contributed by atoms with Crippen molar-refractivity contribution in [1.29, 1.82) is 0 Å². The molecule has 0 aliphatic carbocycles. The van der Waals surface area contributed by atoms with E-state index >= 15 is 0 Å². The van der Waals surface area contributed by atoms with Gasteiger partial charge in [-0.25, -0.2) is 4.98 Å². The first kappa shape index (κ1) is 12.8. The number of halogens is 1. The lowest BCUT2D eigenvalue weighted by Gasteiger charge is -2.32. The zero-order valence-corrected chi connectivity index (χ0v) is 12.1. The van der Waals surface area contributed by atoms with Crippen LogP contribution >= 0.6 is 22.9 Å². The van der Waals surface area contributed by atoms with Crippen molar-refractivity contribution in [3.8, 4) is 0 Å². The summed E-state index contributed by atoms with van der Waals surface area (Å²) < 4.78 is 2.08. The molecule has 1 unspecified atom stereocenters. The number of nitrogens with zero attached hydrogens (tertiary/aromatic N) is 3. The number of hydrogen-bond acceptors (Lipinski definition) is 4. The molecule has 0 spiro atoms. The van der Waals surface area contributed by atoms with E-state index in [0.29, 0.717) is 11.6 Å². The molecule has 0 amide bonds. The molecule has 0 saturated heterocycles. The van der Waals surface area contributed by atoms with E-state index in [9.17, 15) is 0 Å². The Morgan fingerprint density at radius 1 is 1.59 bits per heavy atom. The SMILES string of the molecule is Cc1csc2nc(Cl)c(CC(C)(N)N(C)C)n12. The van der Waals surface area contributed by atoms with Crippen molar-refractivity contribution in [2.24, 2.45) is 5.73 Å². The van der Waals surface area contributed by atoms with Gasteiger partial charge in [0.15, 0.2) is 10.1 Å². The van der Waals surface area contributed by atoms with Crippen molar-refractivity contribution < 1.29 is 0 Å². The molecule has 0 fully saturated rings. The first-order valence-corrected chi connectivity index (χ1v) is 6.66. The van der Waals surface area contributed by atoms with E-state index in [4.69, 9.17) is 17.3 Å². The second-order valence-corrected chi connectivity index (χ2v) is 5.97. The van der Waals surface area contributed by atoms with Gasteiger partial charge < -0.3 is 5.73 Å². The Kier molecular flexibility index (Phi) is 3.20. The molecule has 0 radical (unpaired) electrons. The number of fused-ring (bicyclic) bond motifs is 1. The van der Waals surface area contributed by atoms with Crippen LogP contribution in [0.25, 0.3) is 4.96 Å². The van der Waals surface area contributed by atoms with Gasteiger partial charge in [0, 0.05) is 17.5 Å². The summed E-state index contributed by atoms with van der Waals surface area (Å²) >= 11 is 7.79. The summed E-state index contributed by atoms with van der Waals surface area (Å²) in [6.07, 6.45) is 0.664. The van der Waals surface area contributed by atoms with Gasteiger partial charge in [0.2, 0.25) is 0 Å². The zero-order valence-electron chi connectivity index (χ0n) is 10.5. The Labute approximate surface area is 110 Å². The third-order valence-corrected chi connectivity index (χ3v) is 4.37. The molecule has 2 aromatic heterocycles. The number of thiazole rings is 1. The molecular formula is C11H17ClN4S. The van der Waals surface area contributed by atoms with E-state index in [1.165, 1.54) is 0 Å². The number of imidazole rings is 1. The molecule has 0 saturated carbocycles. The summed E-state index contributed by atoms with van der Waals surface area (Å²) in [6, 6.07) is 0. The maximum absolute atomic E-state index is 6.26. The van der Waals surface area contributed by atoms with E-state index in [0.717, 1.165) is 16.3 Å². The maximum Gasteiger partial charge on any atom is 0.195 e. The van der Waals surface area contributed by atoms with Crippen molar-refractivity contribution in [3.05, 3.63) is 21.9 Å². The minimum Gasteiger partial charge on any atom is -0.313 e. The van der Waals surface area contributed by atoms with Crippen molar-refractivity contribution >= 4 is 27.9 Å². The van der Waals surface area contributed by atoms with Crippen LogP contribution < -0.4 is 5.73 Å². The molecule has 1 atom stereocenters. The molecule has 0 bridgehead atoms. The number of hydrogen-bond donors (Lipinski definition) is 1. The van der Waals surface area contributed by atoms with Gasteiger partial charge in [-0.3, -0.25) is 9.30 Å². The van der Waals surface area contributed by atoms with E-state index in [2.05, 4.69) is 21.7 Å². The average molecular weight is 273 g/mol. The monoisotopic (exact) mass is 272 g/mol. The highest BCUT2D eigenvalue weighted by atomic mass is 35.5. The highest BCUT2D eigenvalue weighted by Crippen LogP contribution is 2.26. The van der Waals surface area contributed by atoms with Crippen molar-refractivity contribution in [3.63, 3.8) is 0 Å². The maximum atomic E-state index is 6.26. The third-order valence-electron chi connectivity index (χ3n) is 3.13. The summed E-state index contributed by atoms with van der Waals surface area (Å²) in [5.41, 5.74) is 7.96. The fraction of sp³-hybridized carbons (Fsp3) is 0.545. The first-order chi connectivity index (χ1) is 7.83. The largest absolute Gasteiger partial charge is 0.313 e. The van der Waals surface area contributed by atoms with Gasteiger partial charge in [0.25, 0.3) is 0 Å². The molecule has 0 aliphatic heterocycles. The smallest absolute Gasteiger partial charge is 0.195 e. The number of aromatic nitrogens is 2. The number of likely N-dealkylation sites (N-methyl/N-ethyl adjacent to an activating group) is 1. The van der Waals surface area contributed by atoms with Crippen LogP contribution in [0.3, 0.4) is 0 Å². The van der Waals surface area contributed by atoms with Gasteiger partial charge in [-0.1, -0.05) is 11.6 Å². The summed E-state index contributed by atoms with van der Waals surface area (Å²) in [4.78, 5) is 7.27. The molecule has 6 heteroatoms. The average Bonchev–Trinajstić information content (AvgIpc) is 2.69. The molecule has 2 rings (SSSR count). The quantitative estimate of drug-likeness (QED) is 0.871. The number of nitrogens with two attached hydrogens (primary N) is 1. The molecule has 0 aliphatic rings. The third kappa shape index (κ3) is 2.20. The Hall–Kier alpha value is -0.620. The molecule has 4 nitrogen and oxygen atoms in total. The van der Waals surface area contributed by atoms with Crippen LogP contribution in [-0.4, -0.2) is 34.0 Å². The molecule has 2 heterocycles. The highest BCUT2D eigenvalue weighted by molar-refractivity contribution is 7.15. The van der Waals surface area contributed by atoms with Gasteiger partial charge in [-0.2, -0.15) is 0 Å². The second-order valence-electron chi connectivity index (χ2n) is 4.77. The lowest BCUT2D eigenvalue weighted by molar-refractivity contribution is 0.178. The standard InChI is InChI=1S/C11H17ClN4S/c1-7-6-17-10-14-9(12)8(16(7)10)5-11(2,13)15(3)4/h6H,5,13H2,1-4H3. The van der Waals surface area contributed by atoms with Crippen molar-refractivity contribution in [2.45, 2.75) is 25.9 Å². The van der Waals surface area contributed by atoms with Gasteiger partial charge in [0.1, 0.15) is 0 Å². The highest BCUT2D eigenvalue weighted by Gasteiger charge is 2.26. The molecule has 94 valence electrons. The van der Waals surface area contributed by atoms with Gasteiger partial charge in [-0.05, 0) is 27.9 Å².